The molecule has 0 aliphatic rings. The number of hydrogen-bond acceptors (Lipinski definition) is 7. The van der Waals surface area contributed by atoms with Crippen LogP contribution in [0.2, 0.25) is 0 Å². The van der Waals surface area contributed by atoms with Gasteiger partial charge in [0.15, 0.2) is 4.34 Å². The van der Waals surface area contributed by atoms with Crippen LogP contribution in [0.5, 0.6) is 5.19 Å². The minimum atomic E-state index is 0.632. The largest absolute Gasteiger partial charge is 0.469 e. The molecule has 0 aromatic carbocycles. The first-order valence-corrected chi connectivity index (χ1v) is 7.46. The number of thioether (sulfide) groups is 1. The topological polar surface area (TPSA) is 47.9 Å². The number of hydrogen-bond donors (Lipinski definition) is 0. The van der Waals surface area contributed by atoms with E-state index in [2.05, 4.69) is 15.2 Å². The normalized spacial score (nSPS) is 10.6. The lowest BCUT2D eigenvalue weighted by molar-refractivity contribution is 0.335. The van der Waals surface area contributed by atoms with Crippen LogP contribution in [-0.4, -0.2) is 21.8 Å². The molecule has 2 rings (SSSR count). The van der Waals surface area contributed by atoms with Crippen molar-refractivity contribution in [2.75, 3.05) is 6.61 Å². The van der Waals surface area contributed by atoms with Gasteiger partial charge in [-0.05, 0) is 13.8 Å². The maximum atomic E-state index is 5.27. The van der Waals surface area contributed by atoms with E-state index in [0.717, 1.165) is 20.8 Å². The predicted molar refractivity (Wildman–Crippen MR) is 67.5 cm³/mol. The fraction of sp³-hybridized carbons (Fsp3) is 0.444. The van der Waals surface area contributed by atoms with Crippen LogP contribution in [0.4, 0.5) is 0 Å². The summed E-state index contributed by atoms with van der Waals surface area (Å²) in [4.78, 5) is 4.38. The van der Waals surface area contributed by atoms with E-state index in [9.17, 15) is 0 Å². The van der Waals surface area contributed by atoms with Crippen molar-refractivity contribution >= 4 is 34.4 Å². The average molecular weight is 273 g/mol. The first-order valence-electron chi connectivity index (χ1n) is 4.78. The summed E-state index contributed by atoms with van der Waals surface area (Å²) in [5.74, 6) is 0.803. The van der Waals surface area contributed by atoms with Crippen LogP contribution >= 0.6 is 34.4 Å². The van der Waals surface area contributed by atoms with Gasteiger partial charge in [0.2, 0.25) is 0 Å². The number of aryl methyl sites for hydroxylation is 1. The monoisotopic (exact) mass is 273 g/mol. The Balaban J connectivity index is 1.89. The van der Waals surface area contributed by atoms with Crippen molar-refractivity contribution in [1.82, 2.24) is 15.2 Å². The molecule has 86 valence electrons. The molecule has 0 N–H and O–H groups in total. The van der Waals surface area contributed by atoms with E-state index in [1.54, 1.807) is 23.1 Å². The van der Waals surface area contributed by atoms with Crippen molar-refractivity contribution in [3.8, 4) is 5.19 Å². The lowest BCUT2D eigenvalue weighted by Gasteiger charge is -1.92. The molecule has 0 saturated carbocycles. The molecule has 0 spiro atoms. The Morgan fingerprint density at radius 1 is 1.44 bits per heavy atom. The zero-order valence-electron chi connectivity index (χ0n) is 8.97. The fourth-order valence-electron chi connectivity index (χ4n) is 1.00. The van der Waals surface area contributed by atoms with Gasteiger partial charge in [-0.1, -0.05) is 23.1 Å². The van der Waals surface area contributed by atoms with Crippen LogP contribution in [0.1, 0.15) is 17.6 Å². The van der Waals surface area contributed by atoms with Gasteiger partial charge in [-0.3, -0.25) is 0 Å². The zero-order valence-corrected chi connectivity index (χ0v) is 11.4. The van der Waals surface area contributed by atoms with Gasteiger partial charge < -0.3 is 4.74 Å². The highest BCUT2D eigenvalue weighted by molar-refractivity contribution is 8.00. The molecule has 4 nitrogen and oxygen atoms in total. The highest BCUT2D eigenvalue weighted by Crippen LogP contribution is 2.28. The summed E-state index contributed by atoms with van der Waals surface area (Å²) in [5.41, 5.74) is 1.07. The van der Waals surface area contributed by atoms with E-state index in [1.165, 1.54) is 11.3 Å². The number of nitrogens with zero attached hydrogens (tertiary/aromatic N) is 3. The average Bonchev–Trinajstić information content (AvgIpc) is 2.85. The first-order chi connectivity index (χ1) is 7.78. The van der Waals surface area contributed by atoms with Crippen molar-refractivity contribution in [3.63, 3.8) is 0 Å². The van der Waals surface area contributed by atoms with Gasteiger partial charge in [0.25, 0.3) is 5.19 Å². The summed E-state index contributed by atoms with van der Waals surface area (Å²) >= 11 is 4.84. The highest BCUT2D eigenvalue weighted by atomic mass is 32.2. The number of ether oxygens (including phenoxy) is 1. The molecule has 0 fully saturated rings. The van der Waals surface area contributed by atoms with Crippen molar-refractivity contribution in [2.24, 2.45) is 0 Å². The lowest BCUT2D eigenvalue weighted by atomic mass is 10.6. The van der Waals surface area contributed by atoms with Crippen molar-refractivity contribution in [2.45, 2.75) is 23.9 Å². The second kappa shape index (κ2) is 5.60. The zero-order chi connectivity index (χ0) is 11.4. The quantitative estimate of drug-likeness (QED) is 0.784. The third kappa shape index (κ3) is 3.16. The number of thiazole rings is 1. The molecular weight excluding hydrogens is 262 g/mol. The van der Waals surface area contributed by atoms with Gasteiger partial charge in [0.05, 0.1) is 12.4 Å². The molecule has 2 aromatic heterocycles. The predicted octanol–water partition coefficient (Wildman–Crippen LogP) is 2.99. The van der Waals surface area contributed by atoms with Gasteiger partial charge in [-0.2, -0.15) is 0 Å². The van der Waals surface area contributed by atoms with Crippen LogP contribution in [0.3, 0.4) is 0 Å². The van der Waals surface area contributed by atoms with Crippen molar-refractivity contribution in [1.29, 1.82) is 0 Å². The van der Waals surface area contributed by atoms with E-state index in [0.29, 0.717) is 11.8 Å². The Morgan fingerprint density at radius 3 is 3.00 bits per heavy atom. The van der Waals surface area contributed by atoms with E-state index in [-0.39, 0.29) is 0 Å². The van der Waals surface area contributed by atoms with E-state index >= 15 is 0 Å². The number of aromatic nitrogens is 3. The summed E-state index contributed by atoms with van der Waals surface area (Å²) in [7, 11) is 0. The third-order valence-electron chi connectivity index (χ3n) is 1.63. The fourth-order valence-corrected chi connectivity index (χ4v) is 3.58. The molecule has 2 heterocycles. The Kier molecular flexibility index (Phi) is 4.14. The van der Waals surface area contributed by atoms with Crippen LogP contribution in [-0.2, 0) is 5.75 Å². The van der Waals surface area contributed by atoms with Crippen molar-refractivity contribution in [3.05, 3.63) is 16.1 Å². The Morgan fingerprint density at radius 2 is 2.31 bits per heavy atom. The molecule has 0 radical (unpaired) electrons. The van der Waals surface area contributed by atoms with Crippen molar-refractivity contribution < 1.29 is 4.74 Å². The minimum Gasteiger partial charge on any atom is -0.469 e. The maximum absolute atomic E-state index is 5.27. The third-order valence-corrected chi connectivity index (χ3v) is 4.80. The Hall–Kier alpha value is -0.660. The SMILES string of the molecule is CCOc1nnc(CSc2nc(C)cs2)s1. The van der Waals surface area contributed by atoms with Gasteiger partial charge in [-0.15, -0.1) is 21.5 Å². The molecule has 7 heteroatoms. The summed E-state index contributed by atoms with van der Waals surface area (Å²) in [6.07, 6.45) is 0. The second-order valence-corrected chi connectivity index (χ2v) is 6.04. The molecule has 0 aliphatic heterocycles. The van der Waals surface area contributed by atoms with Gasteiger partial charge >= 0.3 is 0 Å². The Labute approximate surface area is 106 Å². The minimum absolute atomic E-state index is 0.632. The molecule has 0 aliphatic carbocycles. The van der Waals surface area contributed by atoms with E-state index in [4.69, 9.17) is 4.74 Å². The van der Waals surface area contributed by atoms with Gasteiger partial charge in [0, 0.05) is 11.1 Å². The summed E-state index contributed by atoms with van der Waals surface area (Å²) < 4.78 is 6.34. The molecule has 0 atom stereocenters. The smallest absolute Gasteiger partial charge is 0.294 e. The first kappa shape index (κ1) is 11.8. The van der Waals surface area contributed by atoms with Crippen LogP contribution in [0.25, 0.3) is 0 Å². The van der Waals surface area contributed by atoms with E-state index < -0.39 is 0 Å². The molecule has 2 aromatic rings. The van der Waals surface area contributed by atoms with Gasteiger partial charge in [0.1, 0.15) is 5.01 Å². The standard InChI is InChI=1S/C9H11N3OS3/c1-3-13-8-12-11-7(16-8)5-15-9-10-6(2)4-14-9/h4H,3,5H2,1-2H3. The van der Waals surface area contributed by atoms with Gasteiger partial charge in [-0.25, -0.2) is 4.98 Å². The lowest BCUT2D eigenvalue weighted by Crippen LogP contribution is -1.89. The van der Waals surface area contributed by atoms with Crippen LogP contribution < -0.4 is 4.74 Å². The molecular formula is C9H11N3OS3. The molecule has 0 saturated heterocycles. The second-order valence-electron chi connectivity index (χ2n) is 2.94. The Bertz CT molecular complexity index is 454. The van der Waals surface area contributed by atoms with Crippen LogP contribution in [0.15, 0.2) is 9.72 Å². The summed E-state index contributed by atoms with van der Waals surface area (Å²) in [6, 6.07) is 0. The van der Waals surface area contributed by atoms with E-state index in [1.807, 2.05) is 19.2 Å². The van der Waals surface area contributed by atoms with Crippen LogP contribution in [0, 0.1) is 6.92 Å². The molecule has 0 amide bonds. The summed E-state index contributed by atoms with van der Waals surface area (Å²) in [6.45, 7) is 4.57. The number of rotatable bonds is 5. The molecule has 0 bridgehead atoms. The molecule has 16 heavy (non-hydrogen) atoms. The summed E-state index contributed by atoms with van der Waals surface area (Å²) in [5, 5.41) is 11.7. The highest BCUT2D eigenvalue weighted by Gasteiger charge is 2.06. The maximum Gasteiger partial charge on any atom is 0.294 e. The molecule has 0 unspecified atom stereocenters.